The number of pyridine rings is 1. The predicted molar refractivity (Wildman–Crippen MR) is 90.9 cm³/mol. The van der Waals surface area contributed by atoms with Crippen LogP contribution in [0, 0.1) is 0 Å². The van der Waals surface area contributed by atoms with Gasteiger partial charge in [-0.05, 0) is 30.9 Å². The lowest BCUT2D eigenvalue weighted by molar-refractivity contribution is -0.146. The second kappa shape index (κ2) is 7.31. The Balaban J connectivity index is 1.44. The number of ether oxygens (including phenoxy) is 1. The van der Waals surface area contributed by atoms with Gasteiger partial charge in [-0.15, -0.1) is 10.2 Å². The summed E-state index contributed by atoms with van der Waals surface area (Å²) in [6.45, 7) is 2.80. The first kappa shape index (κ1) is 16.2. The Morgan fingerprint density at radius 1 is 1.24 bits per heavy atom. The average Bonchev–Trinajstić information content (AvgIpc) is 2.91. The van der Waals surface area contributed by atoms with E-state index in [-0.39, 0.29) is 12.0 Å². The fourth-order valence-corrected chi connectivity index (χ4v) is 3.56. The van der Waals surface area contributed by atoms with Crippen molar-refractivity contribution in [2.45, 2.75) is 44.8 Å². The van der Waals surface area contributed by atoms with Gasteiger partial charge in [0.05, 0.1) is 0 Å². The molecule has 1 amide bonds. The van der Waals surface area contributed by atoms with Gasteiger partial charge < -0.3 is 14.2 Å². The van der Waals surface area contributed by atoms with Gasteiger partial charge >= 0.3 is 0 Å². The lowest BCUT2D eigenvalue weighted by atomic mass is 10.1. The Hall–Kier alpha value is -2.28. The van der Waals surface area contributed by atoms with Crippen LogP contribution in [-0.2, 0) is 28.9 Å². The Morgan fingerprint density at radius 2 is 2.20 bits per heavy atom. The highest BCUT2D eigenvalue weighted by atomic mass is 16.5. The molecule has 4 heterocycles. The van der Waals surface area contributed by atoms with Crippen LogP contribution in [-0.4, -0.2) is 56.4 Å². The summed E-state index contributed by atoms with van der Waals surface area (Å²) in [5.41, 5.74) is 1.12. The summed E-state index contributed by atoms with van der Waals surface area (Å²) >= 11 is 0. The monoisotopic (exact) mass is 341 g/mol. The third-order valence-corrected chi connectivity index (χ3v) is 4.95. The summed E-state index contributed by atoms with van der Waals surface area (Å²) in [4.78, 5) is 18.8. The number of carbonyl (C=O) groups is 1. The van der Waals surface area contributed by atoms with Crippen LogP contribution in [0.5, 0.6) is 0 Å². The molecule has 0 aliphatic carbocycles. The second-order valence-corrected chi connectivity index (χ2v) is 6.65. The van der Waals surface area contributed by atoms with Crippen molar-refractivity contribution < 1.29 is 9.53 Å². The van der Waals surface area contributed by atoms with Crippen LogP contribution >= 0.6 is 0 Å². The zero-order chi connectivity index (χ0) is 17.1. The van der Waals surface area contributed by atoms with E-state index in [1.54, 1.807) is 6.20 Å². The average molecular weight is 341 g/mol. The maximum atomic E-state index is 12.7. The fraction of sp³-hybridized carbons (Fsp3) is 0.556. The molecule has 0 N–H and O–H groups in total. The Morgan fingerprint density at radius 3 is 3.00 bits per heavy atom. The summed E-state index contributed by atoms with van der Waals surface area (Å²) in [5, 5.41) is 8.69. The van der Waals surface area contributed by atoms with Crippen molar-refractivity contribution >= 4 is 5.91 Å². The Bertz CT molecular complexity index is 724. The quantitative estimate of drug-likeness (QED) is 0.839. The van der Waals surface area contributed by atoms with Crippen molar-refractivity contribution in [2.24, 2.45) is 0 Å². The highest BCUT2D eigenvalue weighted by Gasteiger charge is 2.29. The van der Waals surface area contributed by atoms with E-state index in [0.717, 1.165) is 49.4 Å². The maximum absolute atomic E-state index is 12.7. The first-order chi connectivity index (χ1) is 12.3. The molecule has 25 heavy (non-hydrogen) atoms. The van der Waals surface area contributed by atoms with Crippen molar-refractivity contribution in [1.82, 2.24) is 24.6 Å². The second-order valence-electron chi connectivity index (χ2n) is 6.65. The van der Waals surface area contributed by atoms with Gasteiger partial charge in [-0.3, -0.25) is 9.78 Å². The maximum Gasteiger partial charge on any atom is 0.251 e. The van der Waals surface area contributed by atoms with E-state index in [2.05, 4.69) is 19.7 Å². The lowest BCUT2D eigenvalue weighted by Crippen LogP contribution is -2.43. The van der Waals surface area contributed by atoms with Gasteiger partial charge in [0.25, 0.3) is 5.91 Å². The molecule has 2 aromatic heterocycles. The highest BCUT2D eigenvalue weighted by molar-refractivity contribution is 5.81. The van der Waals surface area contributed by atoms with E-state index in [1.807, 2.05) is 23.2 Å². The molecule has 7 nitrogen and oxygen atoms in total. The van der Waals surface area contributed by atoms with Crippen LogP contribution < -0.4 is 0 Å². The Labute approximate surface area is 147 Å². The minimum Gasteiger partial charge on any atom is -0.368 e. The van der Waals surface area contributed by atoms with Crippen molar-refractivity contribution in [2.75, 3.05) is 19.7 Å². The fourth-order valence-electron chi connectivity index (χ4n) is 3.56. The Kier molecular flexibility index (Phi) is 4.74. The number of aromatic nitrogens is 4. The van der Waals surface area contributed by atoms with Crippen molar-refractivity contribution in [3.05, 3.63) is 41.7 Å². The van der Waals surface area contributed by atoms with Crippen molar-refractivity contribution in [3.8, 4) is 0 Å². The number of nitrogens with zero attached hydrogens (tertiary/aromatic N) is 5. The molecule has 0 aromatic carbocycles. The molecule has 2 aliphatic heterocycles. The standard InChI is InChI=1S/C18H23N5O2/c24-18(15-5-1-2-11-25-15)22-8-6-16-20-21-17(23(16)10-9-22)12-14-4-3-7-19-13-14/h3-4,7,13,15H,1-2,5-6,8-12H2. The number of amides is 1. The first-order valence-corrected chi connectivity index (χ1v) is 9.01. The van der Waals surface area contributed by atoms with E-state index in [1.165, 1.54) is 0 Å². The van der Waals surface area contributed by atoms with Gasteiger partial charge in [-0.1, -0.05) is 6.07 Å². The first-order valence-electron chi connectivity index (χ1n) is 9.01. The van der Waals surface area contributed by atoms with E-state index < -0.39 is 0 Å². The molecule has 2 aromatic rings. The van der Waals surface area contributed by atoms with E-state index in [9.17, 15) is 4.79 Å². The van der Waals surface area contributed by atoms with Gasteiger partial charge in [0.15, 0.2) is 0 Å². The number of hydrogen-bond acceptors (Lipinski definition) is 5. The molecule has 0 bridgehead atoms. The molecule has 0 saturated carbocycles. The number of hydrogen-bond donors (Lipinski definition) is 0. The van der Waals surface area contributed by atoms with Gasteiger partial charge in [-0.25, -0.2) is 0 Å². The third-order valence-electron chi connectivity index (χ3n) is 4.95. The molecule has 2 aliphatic rings. The van der Waals surface area contributed by atoms with E-state index in [0.29, 0.717) is 26.1 Å². The molecule has 1 fully saturated rings. The van der Waals surface area contributed by atoms with Gasteiger partial charge in [0.2, 0.25) is 0 Å². The lowest BCUT2D eigenvalue weighted by Gasteiger charge is -2.28. The van der Waals surface area contributed by atoms with E-state index >= 15 is 0 Å². The van der Waals surface area contributed by atoms with Crippen LogP contribution in [0.3, 0.4) is 0 Å². The van der Waals surface area contributed by atoms with Gasteiger partial charge in [0.1, 0.15) is 17.8 Å². The SMILES string of the molecule is O=C(C1CCCCO1)N1CCc2nnc(Cc3cccnc3)n2CC1. The minimum atomic E-state index is -0.257. The summed E-state index contributed by atoms with van der Waals surface area (Å²) in [6, 6.07) is 3.97. The smallest absolute Gasteiger partial charge is 0.251 e. The number of rotatable bonds is 3. The summed E-state index contributed by atoms with van der Waals surface area (Å²) < 4.78 is 7.82. The van der Waals surface area contributed by atoms with Crippen molar-refractivity contribution in [1.29, 1.82) is 0 Å². The van der Waals surface area contributed by atoms with Crippen LogP contribution in [0.4, 0.5) is 0 Å². The highest BCUT2D eigenvalue weighted by Crippen LogP contribution is 2.18. The molecule has 132 valence electrons. The zero-order valence-electron chi connectivity index (χ0n) is 14.3. The molecule has 7 heteroatoms. The van der Waals surface area contributed by atoms with Crippen LogP contribution in [0.2, 0.25) is 0 Å². The van der Waals surface area contributed by atoms with Gasteiger partial charge in [0, 0.05) is 51.5 Å². The summed E-state index contributed by atoms with van der Waals surface area (Å²) in [7, 11) is 0. The van der Waals surface area contributed by atoms with Crippen LogP contribution in [0.25, 0.3) is 0 Å². The molecule has 4 rings (SSSR count). The molecule has 1 unspecified atom stereocenters. The summed E-state index contributed by atoms with van der Waals surface area (Å²) in [5.74, 6) is 2.03. The van der Waals surface area contributed by atoms with Crippen LogP contribution in [0.15, 0.2) is 24.5 Å². The topological polar surface area (TPSA) is 73.1 Å². The van der Waals surface area contributed by atoms with E-state index in [4.69, 9.17) is 4.74 Å². The number of fused-ring (bicyclic) bond motifs is 1. The van der Waals surface area contributed by atoms with Crippen molar-refractivity contribution in [3.63, 3.8) is 0 Å². The van der Waals surface area contributed by atoms with Crippen LogP contribution in [0.1, 0.15) is 36.5 Å². The third kappa shape index (κ3) is 3.56. The largest absolute Gasteiger partial charge is 0.368 e. The predicted octanol–water partition coefficient (Wildman–Crippen LogP) is 1.22. The molecule has 1 saturated heterocycles. The molecular weight excluding hydrogens is 318 g/mol. The molecule has 0 radical (unpaired) electrons. The molecular formula is C18H23N5O2. The number of carbonyl (C=O) groups excluding carboxylic acids is 1. The molecule has 0 spiro atoms. The zero-order valence-corrected chi connectivity index (χ0v) is 14.3. The minimum absolute atomic E-state index is 0.132. The van der Waals surface area contributed by atoms with Gasteiger partial charge in [-0.2, -0.15) is 0 Å². The normalized spacial score (nSPS) is 20.8. The molecule has 1 atom stereocenters. The summed E-state index contributed by atoms with van der Waals surface area (Å²) in [6.07, 6.45) is 7.78.